The van der Waals surface area contributed by atoms with Crippen molar-refractivity contribution in [2.45, 2.75) is 12.5 Å². The Bertz CT molecular complexity index is 1030. The van der Waals surface area contributed by atoms with Gasteiger partial charge < -0.3 is 21.3 Å². The van der Waals surface area contributed by atoms with E-state index >= 15 is 0 Å². The molecule has 0 aliphatic heterocycles. The number of rotatable bonds is 5. The van der Waals surface area contributed by atoms with Crippen molar-refractivity contribution in [3.63, 3.8) is 0 Å². The predicted octanol–water partition coefficient (Wildman–Crippen LogP) is 2.37. The first-order valence-electron chi connectivity index (χ1n) is 8.09. The smallest absolute Gasteiger partial charge is 0.416 e. The fourth-order valence-electron chi connectivity index (χ4n) is 2.85. The number of carbonyl (C=O) groups is 3. The molecule has 0 fully saturated rings. The van der Waals surface area contributed by atoms with E-state index in [-0.39, 0.29) is 11.2 Å². The maximum absolute atomic E-state index is 12.3. The number of nitrogens with two attached hydrogens (primary N) is 1. The second kappa shape index (κ2) is 7.30. The summed E-state index contributed by atoms with van der Waals surface area (Å²) in [4.78, 5) is 34.9. The van der Waals surface area contributed by atoms with Crippen LogP contribution in [0.15, 0.2) is 54.6 Å². The van der Waals surface area contributed by atoms with E-state index in [1.54, 1.807) is 0 Å². The zero-order valence-corrected chi connectivity index (χ0v) is 14.1. The average molecular weight is 367 g/mol. The van der Waals surface area contributed by atoms with Crippen LogP contribution >= 0.6 is 0 Å². The molecule has 0 radical (unpaired) electrons. The maximum atomic E-state index is 12.3. The summed E-state index contributed by atoms with van der Waals surface area (Å²) in [5.41, 5.74) is 7.12. The third kappa shape index (κ3) is 3.80. The van der Waals surface area contributed by atoms with E-state index in [4.69, 9.17) is 5.73 Å². The maximum Gasteiger partial charge on any atom is 0.416 e. The molecule has 0 saturated carbocycles. The molecule has 27 heavy (non-hydrogen) atoms. The van der Waals surface area contributed by atoms with Crippen molar-refractivity contribution in [1.82, 2.24) is 4.57 Å². The molecule has 1 unspecified atom stereocenters. The minimum Gasteiger partial charge on any atom is -0.477 e. The number of anilines is 1. The van der Waals surface area contributed by atoms with Gasteiger partial charge in [0.2, 0.25) is 5.91 Å². The largest absolute Gasteiger partial charge is 0.477 e. The Morgan fingerprint density at radius 3 is 2.37 bits per heavy atom. The Morgan fingerprint density at radius 1 is 1.04 bits per heavy atom. The van der Waals surface area contributed by atoms with Crippen molar-refractivity contribution in [3.05, 3.63) is 65.9 Å². The highest BCUT2D eigenvalue weighted by Crippen LogP contribution is 2.24. The number of aromatic nitrogens is 1. The van der Waals surface area contributed by atoms with Crippen molar-refractivity contribution in [1.29, 1.82) is 0 Å². The van der Waals surface area contributed by atoms with Gasteiger partial charge in [-0.3, -0.25) is 4.79 Å². The molecule has 0 aliphatic rings. The zero-order chi connectivity index (χ0) is 19.6. The Labute approximate surface area is 153 Å². The van der Waals surface area contributed by atoms with Crippen molar-refractivity contribution in [3.8, 4) is 0 Å². The number of carbonyl (C=O) groups excluding carboxylic acids is 1. The van der Waals surface area contributed by atoms with Gasteiger partial charge in [-0.2, -0.15) is 0 Å². The third-order valence-corrected chi connectivity index (χ3v) is 4.11. The predicted molar refractivity (Wildman–Crippen MR) is 99.1 cm³/mol. The van der Waals surface area contributed by atoms with Gasteiger partial charge in [0.1, 0.15) is 5.69 Å². The zero-order valence-electron chi connectivity index (χ0n) is 14.1. The molecule has 8 heteroatoms. The van der Waals surface area contributed by atoms with E-state index in [2.05, 4.69) is 5.32 Å². The number of carboxylic acids is 1. The molecule has 138 valence electrons. The summed E-state index contributed by atoms with van der Waals surface area (Å²) in [6.45, 7) is 0. The van der Waals surface area contributed by atoms with Crippen LogP contribution in [0, 0.1) is 0 Å². The molecule has 3 rings (SSSR count). The molecule has 1 aromatic heterocycles. The van der Waals surface area contributed by atoms with Crippen LogP contribution in [0.5, 0.6) is 0 Å². The average Bonchev–Trinajstić information content (AvgIpc) is 3.01. The number of benzene rings is 2. The standard InChI is InChI=1S/C19H17N3O5/c20-14(8-11-4-2-1-3-5-11)17(23)21-13-6-7-15-12(9-13)10-16(18(24)25)22(15)19(26)27/h1-7,9-10,14H,8,20H2,(H,21,23)(H,24,25)(H,26,27). The SMILES string of the molecule is NC(Cc1ccccc1)C(=O)Nc1ccc2c(c1)cc(C(=O)O)n2C(=O)O. The summed E-state index contributed by atoms with van der Waals surface area (Å²) in [5, 5.41) is 21.5. The highest BCUT2D eigenvalue weighted by atomic mass is 16.4. The molecular formula is C19H17N3O5. The van der Waals surface area contributed by atoms with Crippen molar-refractivity contribution >= 4 is 34.6 Å². The minimum atomic E-state index is -1.40. The molecule has 1 amide bonds. The molecule has 8 nitrogen and oxygen atoms in total. The number of hydrogen-bond acceptors (Lipinski definition) is 4. The molecule has 0 saturated heterocycles. The van der Waals surface area contributed by atoms with Gasteiger partial charge in [0.05, 0.1) is 11.6 Å². The fraction of sp³-hybridized carbons (Fsp3) is 0.105. The number of aromatic carboxylic acids is 1. The van der Waals surface area contributed by atoms with Gasteiger partial charge in [-0.15, -0.1) is 0 Å². The number of amides is 1. The lowest BCUT2D eigenvalue weighted by Crippen LogP contribution is -2.37. The molecule has 5 N–H and O–H groups in total. The summed E-state index contributed by atoms with van der Waals surface area (Å²) in [5.74, 6) is -1.75. The first kappa shape index (κ1) is 18.2. The van der Waals surface area contributed by atoms with Gasteiger partial charge in [0.15, 0.2) is 0 Å². The van der Waals surface area contributed by atoms with Crippen LogP contribution in [-0.4, -0.2) is 38.8 Å². The molecule has 1 atom stereocenters. The normalized spacial score (nSPS) is 11.9. The number of hydrogen-bond donors (Lipinski definition) is 4. The molecule has 0 spiro atoms. The lowest BCUT2D eigenvalue weighted by molar-refractivity contribution is -0.117. The summed E-state index contributed by atoms with van der Waals surface area (Å²) in [7, 11) is 0. The minimum absolute atomic E-state index is 0.214. The molecule has 0 bridgehead atoms. The van der Waals surface area contributed by atoms with E-state index < -0.39 is 24.0 Å². The van der Waals surface area contributed by atoms with Gasteiger partial charge in [-0.1, -0.05) is 30.3 Å². The molecule has 0 aliphatic carbocycles. The van der Waals surface area contributed by atoms with Crippen molar-refractivity contribution in [2.24, 2.45) is 5.73 Å². The number of fused-ring (bicyclic) bond motifs is 1. The van der Waals surface area contributed by atoms with Crippen molar-refractivity contribution in [2.75, 3.05) is 5.32 Å². The van der Waals surface area contributed by atoms with E-state index in [0.717, 1.165) is 5.56 Å². The van der Waals surface area contributed by atoms with Gasteiger partial charge >= 0.3 is 12.1 Å². The molecule has 3 aromatic rings. The first-order chi connectivity index (χ1) is 12.9. The van der Waals surface area contributed by atoms with Gasteiger partial charge in [0, 0.05) is 11.1 Å². The van der Waals surface area contributed by atoms with Crippen molar-refractivity contribution < 1.29 is 24.6 Å². The Morgan fingerprint density at radius 2 is 1.74 bits per heavy atom. The lowest BCUT2D eigenvalue weighted by Gasteiger charge is -2.12. The van der Waals surface area contributed by atoms with Crippen LogP contribution in [0.4, 0.5) is 10.5 Å². The highest BCUT2D eigenvalue weighted by Gasteiger charge is 2.20. The van der Waals surface area contributed by atoms with Gasteiger partial charge in [-0.25, -0.2) is 14.2 Å². The van der Waals surface area contributed by atoms with Crippen LogP contribution in [0.3, 0.4) is 0 Å². The second-order valence-corrected chi connectivity index (χ2v) is 6.01. The summed E-state index contributed by atoms with van der Waals surface area (Å²) < 4.78 is 0.685. The van der Waals surface area contributed by atoms with Crippen LogP contribution in [-0.2, 0) is 11.2 Å². The number of carboxylic acid groups (broad SMARTS) is 2. The van der Waals surface area contributed by atoms with E-state index in [9.17, 15) is 24.6 Å². The summed E-state index contributed by atoms with van der Waals surface area (Å²) >= 11 is 0. The highest BCUT2D eigenvalue weighted by molar-refractivity contribution is 6.02. The Hall–Kier alpha value is -3.65. The molecular weight excluding hydrogens is 350 g/mol. The molecule has 2 aromatic carbocycles. The quantitative estimate of drug-likeness (QED) is 0.547. The second-order valence-electron chi connectivity index (χ2n) is 6.01. The van der Waals surface area contributed by atoms with Gasteiger partial charge in [0.25, 0.3) is 0 Å². The Balaban J connectivity index is 1.82. The summed E-state index contributed by atoms with van der Waals surface area (Å²) in [6, 6.07) is 14.3. The van der Waals surface area contributed by atoms with E-state index in [1.165, 1.54) is 24.3 Å². The lowest BCUT2D eigenvalue weighted by atomic mass is 10.1. The fourth-order valence-corrected chi connectivity index (χ4v) is 2.85. The van der Waals surface area contributed by atoms with Crippen LogP contribution in [0.2, 0.25) is 0 Å². The summed E-state index contributed by atoms with van der Waals surface area (Å²) in [6.07, 6.45) is -1.03. The topological polar surface area (TPSA) is 135 Å². The van der Waals surface area contributed by atoms with Crippen LogP contribution < -0.4 is 11.1 Å². The first-order valence-corrected chi connectivity index (χ1v) is 8.09. The van der Waals surface area contributed by atoms with E-state index in [0.29, 0.717) is 22.1 Å². The van der Waals surface area contributed by atoms with Gasteiger partial charge in [-0.05, 0) is 36.2 Å². The third-order valence-electron chi connectivity index (χ3n) is 4.11. The monoisotopic (exact) mass is 367 g/mol. The van der Waals surface area contributed by atoms with Crippen LogP contribution in [0.1, 0.15) is 16.1 Å². The van der Waals surface area contributed by atoms with E-state index in [1.807, 2.05) is 30.3 Å². The number of nitrogens with zero attached hydrogens (tertiary/aromatic N) is 1. The molecule has 1 heterocycles. The van der Waals surface area contributed by atoms with Crippen LogP contribution in [0.25, 0.3) is 10.9 Å². The Kier molecular flexibility index (Phi) is 4.91. The number of nitrogens with one attached hydrogen (secondary N) is 1.